The Hall–Kier alpha value is 0.198. The molecule has 1 unspecified atom stereocenters. The van der Waals surface area contributed by atoms with Crippen molar-refractivity contribution in [2.24, 2.45) is 0 Å². The summed E-state index contributed by atoms with van der Waals surface area (Å²) in [6, 6.07) is 0. The zero-order chi connectivity index (χ0) is 4.99. The fourth-order valence-electron chi connectivity index (χ4n) is 0.0285. The molecule has 0 heterocycles. The maximum absolute atomic E-state index is 9.32. The molecular formula is H2AsO5. The second kappa shape index (κ2) is 3.39. The quantitative estimate of drug-likeness (QED) is 0.299. The molecule has 0 spiro atoms. The predicted octanol–water partition coefficient (Wildman–Crippen LogP) is -1.18. The first-order valence-electron chi connectivity index (χ1n) is 0.914. The van der Waals surface area contributed by atoms with Crippen LogP contribution in [0.15, 0.2) is 0 Å². The Balaban J connectivity index is 2.83. The van der Waals surface area contributed by atoms with Crippen molar-refractivity contribution in [3.05, 3.63) is 0 Å². The summed E-state index contributed by atoms with van der Waals surface area (Å²) in [4.78, 5) is 0. The van der Waals surface area contributed by atoms with E-state index in [-0.39, 0.29) is 0 Å². The third kappa shape index (κ3) is 4.20. The van der Waals surface area contributed by atoms with Crippen LogP contribution in [0.5, 0.6) is 0 Å². The van der Waals surface area contributed by atoms with E-state index in [1.807, 2.05) is 0 Å². The average Bonchev–Trinajstić information content (AvgIpc) is 1.35. The van der Waals surface area contributed by atoms with Crippen LogP contribution >= 0.6 is 0 Å². The molecule has 2 N–H and O–H groups in total. The molecule has 0 bridgehead atoms. The number of rotatable bonds is 2. The number of hydrogen-bond acceptors (Lipinski definition) is 4. The zero-order valence-electron chi connectivity index (χ0n) is 2.57. The molecule has 5 nitrogen and oxygen atoms in total. The van der Waals surface area contributed by atoms with E-state index in [1.54, 1.807) is 0 Å². The van der Waals surface area contributed by atoms with Gasteiger partial charge >= 0.3 is 37.3 Å². The molecule has 0 aromatic heterocycles. The summed E-state index contributed by atoms with van der Waals surface area (Å²) in [5.41, 5.74) is 0. The van der Waals surface area contributed by atoms with Crippen molar-refractivity contribution in [3.8, 4) is 0 Å². The van der Waals surface area contributed by atoms with E-state index in [2.05, 4.69) is 8.91 Å². The van der Waals surface area contributed by atoms with E-state index in [0.717, 1.165) is 0 Å². The normalized spacial score (nSPS) is 11.3. The first-order chi connectivity index (χ1) is 2.77. The third-order valence-corrected chi connectivity index (χ3v) is 0.505. The molecule has 1 radical (unpaired) electrons. The van der Waals surface area contributed by atoms with E-state index in [0.29, 0.717) is 0 Å². The van der Waals surface area contributed by atoms with Gasteiger partial charge < -0.3 is 0 Å². The molecular weight excluding hydrogens is 155 g/mol. The fraction of sp³-hybridized carbons (Fsp3) is 0. The maximum atomic E-state index is 9.32. The summed E-state index contributed by atoms with van der Waals surface area (Å²) >= 11 is -3.45. The molecule has 0 amide bonds. The van der Waals surface area contributed by atoms with E-state index in [4.69, 9.17) is 9.35 Å². The second-order valence-electron chi connectivity index (χ2n) is 0.387. The zero-order valence-corrected chi connectivity index (χ0v) is 4.44. The van der Waals surface area contributed by atoms with Crippen LogP contribution in [0.25, 0.3) is 0 Å². The van der Waals surface area contributed by atoms with Crippen molar-refractivity contribution in [1.29, 1.82) is 0 Å². The van der Waals surface area contributed by atoms with Gasteiger partial charge in [0.05, 0.1) is 0 Å². The molecule has 0 aliphatic carbocycles. The average molecular weight is 157 g/mol. The van der Waals surface area contributed by atoms with Gasteiger partial charge in [0.25, 0.3) is 0 Å². The van der Waals surface area contributed by atoms with Gasteiger partial charge in [0.1, 0.15) is 0 Å². The molecule has 0 saturated heterocycles. The van der Waals surface area contributed by atoms with Gasteiger partial charge in [-0.25, -0.2) is 0 Å². The minimum absolute atomic E-state index is 2.81. The van der Waals surface area contributed by atoms with Crippen LogP contribution in [0.1, 0.15) is 0 Å². The van der Waals surface area contributed by atoms with E-state index in [1.165, 1.54) is 0 Å². The predicted molar refractivity (Wildman–Crippen MR) is 13.5 cm³/mol. The van der Waals surface area contributed by atoms with Gasteiger partial charge in [0, 0.05) is 0 Å². The molecule has 0 fully saturated rings. The van der Waals surface area contributed by atoms with Crippen molar-refractivity contribution >= 4 is 15.3 Å². The van der Waals surface area contributed by atoms with Gasteiger partial charge in [-0.05, 0) is 0 Å². The van der Waals surface area contributed by atoms with E-state index in [9.17, 15) is 3.74 Å². The monoisotopic (exact) mass is 157 g/mol. The van der Waals surface area contributed by atoms with Crippen LogP contribution in [0, 0.1) is 0 Å². The van der Waals surface area contributed by atoms with Gasteiger partial charge in [-0.3, -0.25) is 0 Å². The van der Waals surface area contributed by atoms with Gasteiger partial charge in [0.15, 0.2) is 0 Å². The van der Waals surface area contributed by atoms with Crippen molar-refractivity contribution in [3.63, 3.8) is 0 Å². The first-order valence-corrected chi connectivity index (χ1v) is 3.29. The second-order valence-corrected chi connectivity index (χ2v) is 1.70. The van der Waals surface area contributed by atoms with Crippen LogP contribution in [-0.4, -0.2) is 24.6 Å². The van der Waals surface area contributed by atoms with Crippen LogP contribution in [0.2, 0.25) is 0 Å². The summed E-state index contributed by atoms with van der Waals surface area (Å²) in [5, 5.41) is 10.00. The van der Waals surface area contributed by atoms with Crippen LogP contribution < -0.4 is 0 Å². The molecule has 0 aliphatic rings. The van der Waals surface area contributed by atoms with Crippen molar-refractivity contribution < 1.29 is 22.0 Å². The van der Waals surface area contributed by atoms with Gasteiger partial charge in [-0.15, -0.1) is 0 Å². The number of hydrogen-bond donors (Lipinski definition) is 2. The summed E-state index contributed by atoms with van der Waals surface area (Å²) in [7, 11) is 0. The van der Waals surface area contributed by atoms with Crippen LogP contribution in [0.3, 0.4) is 0 Å². The molecule has 0 saturated carbocycles. The van der Waals surface area contributed by atoms with Crippen molar-refractivity contribution in [2.75, 3.05) is 0 Å². The topological polar surface area (TPSA) is 76.0 Å². The summed E-state index contributed by atoms with van der Waals surface area (Å²) in [6.07, 6.45) is 0. The van der Waals surface area contributed by atoms with Gasteiger partial charge in [-0.2, -0.15) is 0 Å². The SMILES string of the molecule is O=[As](O)OOO. The van der Waals surface area contributed by atoms with E-state index < -0.39 is 15.3 Å². The fourth-order valence-corrected chi connectivity index (χ4v) is 0.148. The van der Waals surface area contributed by atoms with E-state index >= 15 is 0 Å². The molecule has 6 heteroatoms. The molecule has 1 atom stereocenters. The van der Waals surface area contributed by atoms with Crippen molar-refractivity contribution in [1.82, 2.24) is 0 Å². The molecule has 0 rings (SSSR count). The Kier molecular flexibility index (Phi) is 3.50. The van der Waals surface area contributed by atoms with Crippen LogP contribution in [-0.2, 0) is 12.7 Å². The van der Waals surface area contributed by atoms with Crippen molar-refractivity contribution in [2.45, 2.75) is 0 Å². The Labute approximate surface area is 38.2 Å². The Morgan fingerprint density at radius 3 is 2.17 bits per heavy atom. The molecule has 6 heavy (non-hydrogen) atoms. The summed E-state index contributed by atoms with van der Waals surface area (Å²) < 4.78 is 20.2. The third-order valence-electron chi connectivity index (χ3n) is 0.0971. The van der Waals surface area contributed by atoms with Crippen LogP contribution in [0.4, 0.5) is 0 Å². The molecule has 0 aromatic carbocycles. The Morgan fingerprint density at radius 2 is 2.17 bits per heavy atom. The van der Waals surface area contributed by atoms with Gasteiger partial charge in [0.2, 0.25) is 0 Å². The minimum atomic E-state index is -3.45. The Morgan fingerprint density at radius 1 is 1.67 bits per heavy atom. The molecule has 37 valence electrons. The Bertz CT molecular complexity index is 47.9. The summed E-state index contributed by atoms with van der Waals surface area (Å²) in [5.74, 6) is 0. The molecule has 0 aromatic rings. The summed E-state index contributed by atoms with van der Waals surface area (Å²) in [6.45, 7) is 0. The molecule has 0 aliphatic heterocycles. The van der Waals surface area contributed by atoms with Gasteiger partial charge in [-0.1, -0.05) is 0 Å². The standard InChI is InChI=1S/AsH2O5/c2-1(3)5-6-4/h4H,(H,2,3). The first kappa shape index (κ1) is 6.20.